The predicted octanol–water partition coefficient (Wildman–Crippen LogP) is 3.54. The number of hydrogen-bond acceptors (Lipinski definition) is 2. The van der Waals surface area contributed by atoms with E-state index in [2.05, 4.69) is 19.2 Å². The Hall–Kier alpha value is -1.13. The van der Waals surface area contributed by atoms with E-state index in [0.717, 1.165) is 12.8 Å². The molecule has 0 bridgehead atoms. The van der Waals surface area contributed by atoms with Crippen LogP contribution in [0.3, 0.4) is 0 Å². The van der Waals surface area contributed by atoms with Crippen LogP contribution in [0.2, 0.25) is 5.02 Å². The number of carbonyl (C=O) groups excluding carboxylic acids is 1. The Kier molecular flexibility index (Phi) is 4.59. The van der Waals surface area contributed by atoms with Gasteiger partial charge in [-0.25, -0.2) is 4.39 Å². The summed E-state index contributed by atoms with van der Waals surface area (Å²) in [4.78, 5) is 12.1. The number of rotatable bonds is 3. The van der Waals surface area contributed by atoms with Crippen molar-refractivity contribution in [3.8, 4) is 0 Å². The molecule has 116 valence electrons. The molecule has 0 aromatic heterocycles. The van der Waals surface area contributed by atoms with Crippen LogP contribution in [0, 0.1) is 11.2 Å². The quantitative estimate of drug-likeness (QED) is 0.896. The summed E-state index contributed by atoms with van der Waals surface area (Å²) in [6.07, 6.45) is 3.13. The smallest absolute Gasteiger partial charge is 0.253 e. The maximum absolute atomic E-state index is 13.3. The van der Waals surface area contributed by atoms with Crippen LogP contribution in [-0.4, -0.2) is 23.2 Å². The molecule has 5 heteroatoms. The average Bonchev–Trinajstić information content (AvgIpc) is 2.43. The van der Waals surface area contributed by atoms with E-state index in [0.29, 0.717) is 12.8 Å². The normalized spacial score (nSPS) is 20.0. The molecule has 3 nitrogen and oxygen atoms in total. The summed E-state index contributed by atoms with van der Waals surface area (Å²) in [5, 5.41) is 13.0. The second-order valence-electron chi connectivity index (χ2n) is 6.67. The van der Waals surface area contributed by atoms with Crippen LogP contribution in [0.4, 0.5) is 4.39 Å². The highest BCUT2D eigenvalue weighted by Gasteiger charge is 2.36. The molecule has 1 aliphatic carbocycles. The number of aliphatic hydroxyl groups is 1. The summed E-state index contributed by atoms with van der Waals surface area (Å²) in [6.45, 7) is 4.52. The van der Waals surface area contributed by atoms with Crippen LogP contribution < -0.4 is 5.32 Å². The number of hydrogen-bond donors (Lipinski definition) is 2. The van der Waals surface area contributed by atoms with E-state index in [4.69, 9.17) is 11.6 Å². The molecule has 21 heavy (non-hydrogen) atoms. The summed E-state index contributed by atoms with van der Waals surface area (Å²) in [5.41, 5.74) is -0.552. The zero-order valence-electron chi connectivity index (χ0n) is 12.4. The molecule has 2 N–H and O–H groups in total. The number of benzene rings is 1. The first-order chi connectivity index (χ1) is 9.72. The molecule has 1 amide bonds. The van der Waals surface area contributed by atoms with Crippen molar-refractivity contribution in [3.05, 3.63) is 34.6 Å². The summed E-state index contributed by atoms with van der Waals surface area (Å²) in [6, 6.07) is 4.11. The van der Waals surface area contributed by atoms with Gasteiger partial charge in [0.15, 0.2) is 0 Å². The van der Waals surface area contributed by atoms with Crippen molar-refractivity contribution < 1.29 is 14.3 Å². The Morgan fingerprint density at radius 2 is 1.95 bits per heavy atom. The third-order valence-electron chi connectivity index (χ3n) is 4.31. The van der Waals surface area contributed by atoms with Gasteiger partial charge >= 0.3 is 0 Å². The zero-order valence-corrected chi connectivity index (χ0v) is 13.1. The van der Waals surface area contributed by atoms with Gasteiger partial charge in [0.2, 0.25) is 0 Å². The van der Waals surface area contributed by atoms with Gasteiger partial charge in [0.25, 0.3) is 5.91 Å². The molecule has 0 aliphatic heterocycles. The predicted molar refractivity (Wildman–Crippen MR) is 80.9 cm³/mol. The zero-order chi connectivity index (χ0) is 15.7. The monoisotopic (exact) mass is 313 g/mol. The summed E-state index contributed by atoms with van der Waals surface area (Å²) < 4.78 is 13.3. The Labute approximate surface area is 129 Å². The van der Waals surface area contributed by atoms with Crippen LogP contribution in [0.15, 0.2) is 18.2 Å². The van der Waals surface area contributed by atoms with Crippen molar-refractivity contribution in [3.63, 3.8) is 0 Å². The van der Waals surface area contributed by atoms with E-state index < -0.39 is 17.3 Å². The molecule has 1 aromatic rings. The Bertz CT molecular complexity index is 535. The first-order valence-electron chi connectivity index (χ1n) is 7.17. The second kappa shape index (κ2) is 5.93. The van der Waals surface area contributed by atoms with Crippen LogP contribution in [-0.2, 0) is 0 Å². The van der Waals surface area contributed by atoms with E-state index >= 15 is 0 Å². The van der Waals surface area contributed by atoms with Crippen molar-refractivity contribution in [2.45, 2.75) is 45.1 Å². The van der Waals surface area contributed by atoms with Crippen LogP contribution in [0.25, 0.3) is 0 Å². The van der Waals surface area contributed by atoms with Crippen molar-refractivity contribution in [2.75, 3.05) is 6.54 Å². The van der Waals surface area contributed by atoms with E-state index in [1.807, 2.05) is 0 Å². The topological polar surface area (TPSA) is 49.3 Å². The average molecular weight is 314 g/mol. The maximum atomic E-state index is 13.3. The first-order valence-corrected chi connectivity index (χ1v) is 7.55. The highest BCUT2D eigenvalue weighted by atomic mass is 35.5. The lowest BCUT2D eigenvalue weighted by Crippen LogP contribution is -2.46. The van der Waals surface area contributed by atoms with E-state index in [9.17, 15) is 14.3 Å². The summed E-state index contributed by atoms with van der Waals surface area (Å²) in [5.74, 6) is -1.08. The Morgan fingerprint density at radius 3 is 2.57 bits per heavy atom. The van der Waals surface area contributed by atoms with Gasteiger partial charge in [-0.3, -0.25) is 4.79 Å². The largest absolute Gasteiger partial charge is 0.388 e. The minimum absolute atomic E-state index is 0.0939. The lowest BCUT2D eigenvalue weighted by Gasteiger charge is -2.40. The van der Waals surface area contributed by atoms with Gasteiger partial charge in [-0.2, -0.15) is 0 Å². The van der Waals surface area contributed by atoms with Gasteiger partial charge in [0, 0.05) is 6.54 Å². The number of halogens is 2. The maximum Gasteiger partial charge on any atom is 0.253 e. The lowest BCUT2D eigenvalue weighted by molar-refractivity contribution is -0.0233. The summed E-state index contributed by atoms with van der Waals surface area (Å²) >= 11 is 5.78. The van der Waals surface area contributed by atoms with E-state index in [1.54, 1.807) is 0 Å². The van der Waals surface area contributed by atoms with Crippen LogP contribution >= 0.6 is 11.6 Å². The third-order valence-corrected chi connectivity index (χ3v) is 4.69. The minimum Gasteiger partial charge on any atom is -0.388 e. The van der Waals surface area contributed by atoms with Crippen molar-refractivity contribution in [1.29, 1.82) is 0 Å². The van der Waals surface area contributed by atoms with Gasteiger partial charge < -0.3 is 10.4 Å². The molecule has 0 radical (unpaired) electrons. The fourth-order valence-corrected chi connectivity index (χ4v) is 2.80. The van der Waals surface area contributed by atoms with Gasteiger partial charge in [0.1, 0.15) is 5.82 Å². The third kappa shape index (κ3) is 3.95. The Balaban J connectivity index is 1.97. The molecule has 1 aliphatic rings. The first kappa shape index (κ1) is 16.2. The van der Waals surface area contributed by atoms with Crippen molar-refractivity contribution in [2.24, 2.45) is 5.41 Å². The standard InChI is InChI=1S/C16H21ClFNO2/c1-15(2)6-8-16(21,9-7-15)10-19-14(20)11-4-3-5-12(18)13(11)17/h3-5,21H,6-10H2,1-2H3,(H,19,20). The number of carbonyl (C=O) groups is 1. The van der Waals surface area contributed by atoms with E-state index in [-0.39, 0.29) is 22.5 Å². The summed E-state index contributed by atoms with van der Waals surface area (Å²) in [7, 11) is 0. The molecular formula is C16H21ClFNO2. The van der Waals surface area contributed by atoms with Crippen LogP contribution in [0.1, 0.15) is 49.9 Å². The molecule has 0 saturated heterocycles. The number of nitrogens with one attached hydrogen (secondary N) is 1. The van der Waals surface area contributed by atoms with Gasteiger partial charge in [-0.15, -0.1) is 0 Å². The highest BCUT2D eigenvalue weighted by molar-refractivity contribution is 6.34. The molecule has 1 fully saturated rings. The van der Waals surface area contributed by atoms with Crippen LogP contribution in [0.5, 0.6) is 0 Å². The molecule has 0 spiro atoms. The minimum atomic E-state index is -0.884. The van der Waals surface area contributed by atoms with Gasteiger partial charge in [-0.1, -0.05) is 31.5 Å². The fourth-order valence-electron chi connectivity index (χ4n) is 2.59. The van der Waals surface area contributed by atoms with Gasteiger partial charge in [-0.05, 0) is 43.2 Å². The fraction of sp³-hybridized carbons (Fsp3) is 0.562. The SMILES string of the molecule is CC1(C)CCC(O)(CNC(=O)c2cccc(F)c2Cl)CC1. The molecule has 2 rings (SSSR count). The van der Waals surface area contributed by atoms with Crippen molar-refractivity contribution >= 4 is 17.5 Å². The lowest BCUT2D eigenvalue weighted by atomic mass is 9.71. The molecular weight excluding hydrogens is 293 g/mol. The molecule has 0 heterocycles. The Morgan fingerprint density at radius 1 is 1.33 bits per heavy atom. The van der Waals surface area contributed by atoms with E-state index in [1.165, 1.54) is 18.2 Å². The number of amides is 1. The van der Waals surface area contributed by atoms with Gasteiger partial charge in [0.05, 0.1) is 16.2 Å². The molecule has 1 saturated carbocycles. The molecule has 0 unspecified atom stereocenters. The molecule has 1 aromatic carbocycles. The highest BCUT2D eigenvalue weighted by Crippen LogP contribution is 2.39. The van der Waals surface area contributed by atoms with Crippen molar-refractivity contribution in [1.82, 2.24) is 5.32 Å². The second-order valence-corrected chi connectivity index (χ2v) is 7.05. The molecule has 0 atom stereocenters.